The predicted octanol–water partition coefficient (Wildman–Crippen LogP) is 3.13. The summed E-state index contributed by atoms with van der Waals surface area (Å²) in [6.07, 6.45) is 0. The summed E-state index contributed by atoms with van der Waals surface area (Å²) in [4.78, 5) is 41.2. The molecule has 1 aliphatic rings. The first-order valence-corrected chi connectivity index (χ1v) is 9.47. The van der Waals surface area contributed by atoms with E-state index in [1.807, 2.05) is 48.5 Å². The molecule has 8 nitrogen and oxygen atoms in total. The lowest BCUT2D eigenvalue weighted by Crippen LogP contribution is -2.38. The molecular weight excluding hydrogens is 384 g/mol. The van der Waals surface area contributed by atoms with Crippen molar-refractivity contribution in [2.75, 3.05) is 11.9 Å². The van der Waals surface area contributed by atoms with Crippen molar-refractivity contribution >= 4 is 23.7 Å². The van der Waals surface area contributed by atoms with Gasteiger partial charge in [-0.1, -0.05) is 65.8 Å². The number of hydrogen-bond acceptors (Lipinski definition) is 5. The fraction of sp³-hybridized carbons (Fsp3) is 0.182. The van der Waals surface area contributed by atoms with Crippen LogP contribution in [0.5, 0.6) is 0 Å². The van der Waals surface area contributed by atoms with E-state index < -0.39 is 30.4 Å². The summed E-state index contributed by atoms with van der Waals surface area (Å²) in [7, 11) is 0. The number of imide groups is 1. The normalized spacial score (nSPS) is 16.2. The van der Waals surface area contributed by atoms with Crippen LogP contribution in [0.15, 0.2) is 71.3 Å². The first-order valence-electron chi connectivity index (χ1n) is 9.47. The van der Waals surface area contributed by atoms with Gasteiger partial charge in [0.05, 0.1) is 0 Å². The van der Waals surface area contributed by atoms with Crippen LogP contribution in [-0.2, 0) is 16.1 Å². The quantitative estimate of drug-likeness (QED) is 0.637. The highest BCUT2D eigenvalue weighted by molar-refractivity contribution is 6.08. The number of nitrogens with zero attached hydrogens (tertiary/aromatic N) is 3. The maximum absolute atomic E-state index is 13.2. The second-order valence-corrected chi connectivity index (χ2v) is 7.00. The highest BCUT2D eigenvalue weighted by atomic mass is 16.5. The monoisotopic (exact) mass is 404 g/mol. The number of carbonyl (C=O) groups excluding carboxylic acids is 3. The van der Waals surface area contributed by atoms with Crippen LogP contribution in [0.4, 0.5) is 10.6 Å². The molecule has 0 bridgehead atoms. The predicted molar refractivity (Wildman–Crippen MR) is 108 cm³/mol. The summed E-state index contributed by atoms with van der Waals surface area (Å²) < 4.78 is 4.92. The van der Waals surface area contributed by atoms with E-state index in [0.717, 1.165) is 10.5 Å². The van der Waals surface area contributed by atoms with Crippen LogP contribution >= 0.6 is 0 Å². The average molecular weight is 404 g/mol. The number of hydrogen-bond donors (Lipinski definition) is 1. The summed E-state index contributed by atoms with van der Waals surface area (Å²) in [5, 5.41) is 6.24. The van der Waals surface area contributed by atoms with E-state index in [0.29, 0.717) is 11.3 Å². The van der Waals surface area contributed by atoms with Gasteiger partial charge < -0.3 is 14.7 Å². The molecule has 0 radical (unpaired) electrons. The summed E-state index contributed by atoms with van der Waals surface area (Å²) in [5.41, 5.74) is 1.59. The molecule has 0 spiro atoms. The fourth-order valence-corrected chi connectivity index (χ4v) is 3.43. The molecule has 1 saturated heterocycles. The van der Waals surface area contributed by atoms with Crippen LogP contribution in [0.3, 0.4) is 0 Å². The molecular formula is C22H20N4O4. The highest BCUT2D eigenvalue weighted by Crippen LogP contribution is 2.32. The molecule has 3 aromatic rings. The van der Waals surface area contributed by atoms with E-state index in [1.165, 1.54) is 4.90 Å². The molecule has 0 saturated carbocycles. The Morgan fingerprint density at radius 3 is 2.37 bits per heavy atom. The number of aryl methyl sites for hydroxylation is 1. The molecule has 4 amide bonds. The molecule has 1 atom stereocenters. The van der Waals surface area contributed by atoms with Gasteiger partial charge in [-0.05, 0) is 18.1 Å². The van der Waals surface area contributed by atoms with Crippen LogP contribution < -0.4 is 5.32 Å². The number of amides is 4. The summed E-state index contributed by atoms with van der Waals surface area (Å²) in [6.45, 7) is 1.55. The third-order valence-electron chi connectivity index (χ3n) is 4.80. The molecule has 1 aromatic heterocycles. The van der Waals surface area contributed by atoms with Crippen LogP contribution in [0, 0.1) is 6.92 Å². The van der Waals surface area contributed by atoms with Crippen LogP contribution in [0.1, 0.15) is 22.9 Å². The van der Waals surface area contributed by atoms with Gasteiger partial charge in [-0.15, -0.1) is 0 Å². The first kappa shape index (κ1) is 19.4. The largest absolute Gasteiger partial charge is 0.360 e. The van der Waals surface area contributed by atoms with Crippen molar-refractivity contribution in [1.82, 2.24) is 15.0 Å². The molecule has 2 aromatic carbocycles. The number of rotatable bonds is 6. The Hall–Kier alpha value is -3.94. The molecule has 1 unspecified atom stereocenters. The van der Waals surface area contributed by atoms with Gasteiger partial charge in [0.15, 0.2) is 5.82 Å². The van der Waals surface area contributed by atoms with E-state index in [4.69, 9.17) is 4.52 Å². The fourth-order valence-electron chi connectivity index (χ4n) is 3.43. The molecule has 1 N–H and O–H groups in total. The maximum Gasteiger partial charge on any atom is 0.328 e. The number of carbonyl (C=O) groups is 3. The molecule has 1 aliphatic heterocycles. The minimum absolute atomic E-state index is 0.234. The van der Waals surface area contributed by atoms with E-state index >= 15 is 0 Å². The Kier molecular flexibility index (Phi) is 5.30. The van der Waals surface area contributed by atoms with Crippen molar-refractivity contribution in [2.24, 2.45) is 0 Å². The van der Waals surface area contributed by atoms with Crippen LogP contribution in [-0.4, -0.2) is 39.3 Å². The van der Waals surface area contributed by atoms with E-state index in [1.54, 1.807) is 25.1 Å². The Labute approximate surface area is 173 Å². The van der Waals surface area contributed by atoms with Crippen molar-refractivity contribution in [2.45, 2.75) is 19.5 Å². The van der Waals surface area contributed by atoms with Gasteiger partial charge >= 0.3 is 6.03 Å². The minimum atomic E-state index is -0.791. The van der Waals surface area contributed by atoms with Crippen molar-refractivity contribution in [3.63, 3.8) is 0 Å². The van der Waals surface area contributed by atoms with Gasteiger partial charge in [0.25, 0.3) is 5.91 Å². The summed E-state index contributed by atoms with van der Waals surface area (Å²) in [5.74, 6) is -0.193. The molecule has 8 heteroatoms. The van der Waals surface area contributed by atoms with Crippen molar-refractivity contribution in [3.05, 3.63) is 83.6 Å². The smallest absolute Gasteiger partial charge is 0.328 e. The van der Waals surface area contributed by atoms with Crippen LogP contribution in [0.25, 0.3) is 0 Å². The van der Waals surface area contributed by atoms with Crippen molar-refractivity contribution in [3.8, 4) is 0 Å². The molecule has 4 rings (SSSR count). The lowest BCUT2D eigenvalue weighted by Gasteiger charge is -2.22. The van der Waals surface area contributed by atoms with Crippen LogP contribution in [0.2, 0.25) is 0 Å². The molecule has 1 fully saturated rings. The molecule has 0 aliphatic carbocycles. The standard InChI is InChI=1S/C22H20N4O4/c1-15-12-18(24-30-15)23-19(27)14-26-21(28)20(17-10-6-3-7-11-17)25(22(26)29)13-16-8-4-2-5-9-16/h2-12,20H,13-14H2,1H3,(H,23,24,27). The van der Waals surface area contributed by atoms with Gasteiger partial charge in [-0.25, -0.2) is 4.79 Å². The summed E-state index contributed by atoms with van der Waals surface area (Å²) in [6, 6.07) is 18.8. The number of urea groups is 1. The van der Waals surface area contributed by atoms with Crippen molar-refractivity contribution < 1.29 is 18.9 Å². The maximum atomic E-state index is 13.2. The zero-order valence-corrected chi connectivity index (χ0v) is 16.3. The Morgan fingerprint density at radius 2 is 1.73 bits per heavy atom. The first-order chi connectivity index (χ1) is 14.5. The van der Waals surface area contributed by atoms with Gasteiger partial charge in [-0.2, -0.15) is 0 Å². The number of aromatic nitrogens is 1. The Balaban J connectivity index is 1.58. The van der Waals surface area contributed by atoms with Gasteiger partial charge in [0.1, 0.15) is 18.3 Å². The number of benzene rings is 2. The Morgan fingerprint density at radius 1 is 1.07 bits per heavy atom. The number of nitrogens with one attached hydrogen (secondary N) is 1. The second-order valence-electron chi connectivity index (χ2n) is 7.00. The molecule has 152 valence electrons. The number of anilines is 1. The zero-order valence-electron chi connectivity index (χ0n) is 16.3. The van der Waals surface area contributed by atoms with Gasteiger partial charge in [-0.3, -0.25) is 14.5 Å². The van der Waals surface area contributed by atoms with E-state index in [2.05, 4.69) is 10.5 Å². The Bertz CT molecular complexity index is 1070. The highest BCUT2D eigenvalue weighted by Gasteiger charge is 2.46. The second kappa shape index (κ2) is 8.20. The zero-order chi connectivity index (χ0) is 21.1. The van der Waals surface area contributed by atoms with Gasteiger partial charge in [0.2, 0.25) is 5.91 Å². The van der Waals surface area contributed by atoms with E-state index in [9.17, 15) is 14.4 Å². The lowest BCUT2D eigenvalue weighted by atomic mass is 10.1. The minimum Gasteiger partial charge on any atom is -0.360 e. The average Bonchev–Trinajstić information content (AvgIpc) is 3.25. The lowest BCUT2D eigenvalue weighted by molar-refractivity contribution is -0.131. The third kappa shape index (κ3) is 3.93. The molecule has 30 heavy (non-hydrogen) atoms. The van der Waals surface area contributed by atoms with E-state index in [-0.39, 0.29) is 12.4 Å². The SMILES string of the molecule is Cc1cc(NC(=O)CN2C(=O)C(c3ccccc3)N(Cc3ccccc3)C2=O)no1. The van der Waals surface area contributed by atoms with Gasteiger partial charge in [0, 0.05) is 12.6 Å². The summed E-state index contributed by atoms with van der Waals surface area (Å²) >= 11 is 0. The molecule has 2 heterocycles. The van der Waals surface area contributed by atoms with Crippen molar-refractivity contribution in [1.29, 1.82) is 0 Å². The topological polar surface area (TPSA) is 95.8 Å². The third-order valence-corrected chi connectivity index (χ3v) is 4.80.